The monoisotopic (exact) mass is 364 g/mol. The molecule has 5 heteroatoms. The van der Waals surface area contributed by atoms with E-state index in [0.29, 0.717) is 0 Å². The standard InChI is InChI=1S/C21H24N4S/c1-2-5-17(6-3-1)19-15-22-20-21(23-10-13-25(19)20)8-11-24(12-9-21)16-18-7-4-14-26-18/h1-7,14-15,23H,8-13,16H2. The summed E-state index contributed by atoms with van der Waals surface area (Å²) in [5.74, 6) is 1.23. The highest BCUT2D eigenvalue weighted by Crippen LogP contribution is 2.37. The van der Waals surface area contributed by atoms with Crippen LogP contribution in [0, 0.1) is 0 Å². The van der Waals surface area contributed by atoms with E-state index in [4.69, 9.17) is 4.98 Å². The zero-order chi connectivity index (χ0) is 17.4. The van der Waals surface area contributed by atoms with Gasteiger partial charge in [-0.25, -0.2) is 4.98 Å². The summed E-state index contributed by atoms with van der Waals surface area (Å²) in [6, 6.07) is 15.0. The van der Waals surface area contributed by atoms with Crippen molar-refractivity contribution in [2.45, 2.75) is 31.5 Å². The molecule has 1 N–H and O–H groups in total. The number of hydrogen-bond donors (Lipinski definition) is 1. The third-order valence-electron chi connectivity index (χ3n) is 5.82. The topological polar surface area (TPSA) is 33.1 Å². The summed E-state index contributed by atoms with van der Waals surface area (Å²) < 4.78 is 2.45. The molecule has 2 aliphatic rings. The van der Waals surface area contributed by atoms with Crippen LogP contribution >= 0.6 is 11.3 Å². The van der Waals surface area contributed by atoms with Gasteiger partial charge >= 0.3 is 0 Å². The second kappa shape index (κ2) is 6.65. The van der Waals surface area contributed by atoms with Gasteiger partial charge in [-0.1, -0.05) is 36.4 Å². The molecule has 1 spiro atoms. The van der Waals surface area contributed by atoms with Crippen molar-refractivity contribution in [3.8, 4) is 11.3 Å². The predicted octanol–water partition coefficient (Wildman–Crippen LogP) is 3.71. The zero-order valence-corrected chi connectivity index (χ0v) is 15.7. The van der Waals surface area contributed by atoms with Crippen molar-refractivity contribution in [3.05, 3.63) is 64.7 Å². The average Bonchev–Trinajstić information content (AvgIpc) is 3.35. The Morgan fingerprint density at radius 1 is 1.04 bits per heavy atom. The molecule has 4 heterocycles. The van der Waals surface area contributed by atoms with E-state index in [1.807, 2.05) is 11.3 Å². The molecule has 0 saturated carbocycles. The number of aromatic nitrogens is 2. The fraction of sp³-hybridized carbons (Fsp3) is 0.381. The van der Waals surface area contributed by atoms with Crippen LogP contribution in [-0.4, -0.2) is 34.1 Å². The largest absolute Gasteiger partial charge is 0.325 e. The molecule has 1 saturated heterocycles. The third kappa shape index (κ3) is 2.80. The number of nitrogens with one attached hydrogen (secondary N) is 1. The minimum absolute atomic E-state index is 0.0389. The van der Waals surface area contributed by atoms with E-state index in [-0.39, 0.29) is 5.54 Å². The maximum Gasteiger partial charge on any atom is 0.129 e. The van der Waals surface area contributed by atoms with Crippen molar-refractivity contribution < 1.29 is 0 Å². The first-order valence-corrected chi connectivity index (χ1v) is 10.3. The van der Waals surface area contributed by atoms with Gasteiger partial charge in [-0.15, -0.1) is 11.3 Å². The lowest BCUT2D eigenvalue weighted by Crippen LogP contribution is -2.55. The lowest BCUT2D eigenvalue weighted by atomic mass is 9.85. The summed E-state index contributed by atoms with van der Waals surface area (Å²) in [7, 11) is 0. The van der Waals surface area contributed by atoms with E-state index in [2.05, 4.69) is 68.8 Å². The van der Waals surface area contributed by atoms with Crippen LogP contribution in [0.1, 0.15) is 23.5 Å². The van der Waals surface area contributed by atoms with Gasteiger partial charge in [0.2, 0.25) is 0 Å². The van der Waals surface area contributed by atoms with Gasteiger partial charge in [-0.2, -0.15) is 0 Å². The number of piperidine rings is 1. The van der Waals surface area contributed by atoms with E-state index in [1.165, 1.54) is 22.0 Å². The smallest absolute Gasteiger partial charge is 0.129 e. The molecule has 2 aliphatic heterocycles. The van der Waals surface area contributed by atoms with Crippen LogP contribution in [0.25, 0.3) is 11.3 Å². The second-order valence-electron chi connectivity index (χ2n) is 7.35. The molecule has 0 unspecified atom stereocenters. The number of likely N-dealkylation sites (tertiary alicyclic amines) is 1. The molecule has 26 heavy (non-hydrogen) atoms. The first-order valence-electron chi connectivity index (χ1n) is 9.45. The SMILES string of the molecule is c1ccc(-c2cnc3n2CCNC32CCN(Cc3cccs3)CC2)cc1. The van der Waals surface area contributed by atoms with Crippen LogP contribution in [-0.2, 0) is 18.6 Å². The van der Waals surface area contributed by atoms with Gasteiger partial charge in [0.05, 0.1) is 17.4 Å². The minimum Gasteiger partial charge on any atom is -0.325 e. The zero-order valence-electron chi connectivity index (χ0n) is 14.9. The summed E-state index contributed by atoms with van der Waals surface area (Å²) in [5, 5.41) is 6.00. The highest BCUT2D eigenvalue weighted by atomic mass is 32.1. The number of imidazole rings is 1. The van der Waals surface area contributed by atoms with Gasteiger partial charge in [0.25, 0.3) is 0 Å². The van der Waals surface area contributed by atoms with Crippen molar-refractivity contribution in [1.29, 1.82) is 0 Å². The maximum atomic E-state index is 4.89. The molecule has 0 bridgehead atoms. The van der Waals surface area contributed by atoms with Crippen LogP contribution in [0.2, 0.25) is 0 Å². The summed E-state index contributed by atoms with van der Waals surface area (Å²) >= 11 is 1.86. The Morgan fingerprint density at radius 2 is 1.88 bits per heavy atom. The Morgan fingerprint density at radius 3 is 2.65 bits per heavy atom. The number of nitrogens with zero attached hydrogens (tertiary/aromatic N) is 3. The molecule has 2 aromatic heterocycles. The normalized spacial score (nSPS) is 19.5. The van der Waals surface area contributed by atoms with Gasteiger partial charge in [-0.3, -0.25) is 4.90 Å². The molecule has 0 atom stereocenters. The first kappa shape index (κ1) is 16.2. The fourth-order valence-corrected chi connectivity index (χ4v) is 5.17. The summed E-state index contributed by atoms with van der Waals surface area (Å²) in [6.07, 6.45) is 4.32. The number of thiophene rings is 1. The lowest BCUT2D eigenvalue weighted by Gasteiger charge is -2.44. The Balaban J connectivity index is 1.38. The van der Waals surface area contributed by atoms with Gasteiger partial charge < -0.3 is 9.88 Å². The molecule has 1 aromatic carbocycles. The fourth-order valence-electron chi connectivity index (χ4n) is 4.43. The van der Waals surface area contributed by atoms with Crippen LogP contribution in [0.15, 0.2) is 54.0 Å². The van der Waals surface area contributed by atoms with Crippen LogP contribution < -0.4 is 5.32 Å². The molecule has 3 aromatic rings. The van der Waals surface area contributed by atoms with Crippen molar-refractivity contribution in [3.63, 3.8) is 0 Å². The van der Waals surface area contributed by atoms with Gasteiger partial charge in [-0.05, 0) is 29.9 Å². The Labute approximate surface area is 158 Å². The van der Waals surface area contributed by atoms with E-state index in [9.17, 15) is 0 Å². The molecule has 4 nitrogen and oxygen atoms in total. The number of benzene rings is 1. The summed E-state index contributed by atoms with van der Waals surface area (Å²) in [5.41, 5.74) is 2.55. The van der Waals surface area contributed by atoms with Crippen molar-refractivity contribution >= 4 is 11.3 Å². The summed E-state index contributed by atoms with van der Waals surface area (Å²) in [4.78, 5) is 8.94. The van der Waals surface area contributed by atoms with Crippen LogP contribution in [0.4, 0.5) is 0 Å². The van der Waals surface area contributed by atoms with Gasteiger partial charge in [0.1, 0.15) is 5.82 Å². The van der Waals surface area contributed by atoms with Crippen molar-refractivity contribution in [1.82, 2.24) is 19.8 Å². The van der Waals surface area contributed by atoms with E-state index >= 15 is 0 Å². The van der Waals surface area contributed by atoms with Gasteiger partial charge in [0, 0.05) is 37.6 Å². The molecule has 0 amide bonds. The molecular formula is C21H24N4S. The number of hydrogen-bond acceptors (Lipinski definition) is 4. The molecule has 5 rings (SSSR count). The molecule has 134 valence electrons. The van der Waals surface area contributed by atoms with Crippen molar-refractivity contribution in [2.24, 2.45) is 0 Å². The lowest BCUT2D eigenvalue weighted by molar-refractivity contribution is 0.109. The van der Waals surface area contributed by atoms with Gasteiger partial charge in [0.15, 0.2) is 0 Å². The highest BCUT2D eigenvalue weighted by Gasteiger charge is 2.41. The predicted molar refractivity (Wildman–Crippen MR) is 106 cm³/mol. The highest BCUT2D eigenvalue weighted by molar-refractivity contribution is 7.09. The average molecular weight is 365 g/mol. The van der Waals surface area contributed by atoms with Crippen molar-refractivity contribution in [2.75, 3.05) is 19.6 Å². The minimum atomic E-state index is 0.0389. The van der Waals surface area contributed by atoms with Crippen LogP contribution in [0.3, 0.4) is 0 Å². The number of fused-ring (bicyclic) bond motifs is 2. The first-order chi connectivity index (χ1) is 12.8. The Bertz CT molecular complexity index is 861. The van der Waals surface area contributed by atoms with E-state index < -0.39 is 0 Å². The van der Waals surface area contributed by atoms with E-state index in [0.717, 1.165) is 45.6 Å². The molecule has 0 aliphatic carbocycles. The molecule has 0 radical (unpaired) electrons. The van der Waals surface area contributed by atoms with Crippen LogP contribution in [0.5, 0.6) is 0 Å². The number of rotatable bonds is 3. The third-order valence-corrected chi connectivity index (χ3v) is 6.68. The quantitative estimate of drug-likeness (QED) is 0.769. The molecule has 1 fully saturated rings. The Kier molecular flexibility index (Phi) is 4.15. The Hall–Kier alpha value is -1.95. The van der Waals surface area contributed by atoms with E-state index in [1.54, 1.807) is 0 Å². The molecular weight excluding hydrogens is 340 g/mol. The maximum absolute atomic E-state index is 4.89. The second-order valence-corrected chi connectivity index (χ2v) is 8.38. The summed E-state index contributed by atoms with van der Waals surface area (Å²) in [6.45, 7) is 5.35.